The number of rotatable bonds is 3. The molecular formula is C14H13ClFNO3. The molecule has 1 aliphatic carbocycles. The van der Waals surface area contributed by atoms with E-state index < -0.39 is 29.5 Å². The van der Waals surface area contributed by atoms with Gasteiger partial charge in [0.25, 0.3) is 0 Å². The fourth-order valence-corrected chi connectivity index (χ4v) is 2.42. The molecule has 6 heteroatoms. The van der Waals surface area contributed by atoms with Gasteiger partial charge in [-0.3, -0.25) is 9.59 Å². The average Bonchev–Trinajstić information content (AvgIpc) is 2.43. The van der Waals surface area contributed by atoms with Crippen molar-refractivity contribution in [3.05, 3.63) is 41.2 Å². The van der Waals surface area contributed by atoms with Crippen LogP contribution in [0, 0.1) is 17.7 Å². The smallest absolute Gasteiger partial charge is 0.307 e. The third-order valence-corrected chi connectivity index (χ3v) is 3.61. The molecule has 0 aliphatic heterocycles. The molecule has 0 heterocycles. The summed E-state index contributed by atoms with van der Waals surface area (Å²) in [5.41, 5.74) is -0.113. The molecule has 1 aliphatic rings. The number of nitrogens with one attached hydrogen (secondary N) is 1. The molecule has 0 radical (unpaired) electrons. The van der Waals surface area contributed by atoms with Gasteiger partial charge in [0, 0.05) is 0 Å². The Morgan fingerprint density at radius 3 is 2.50 bits per heavy atom. The van der Waals surface area contributed by atoms with Crippen LogP contribution >= 0.6 is 11.6 Å². The van der Waals surface area contributed by atoms with Gasteiger partial charge >= 0.3 is 5.97 Å². The van der Waals surface area contributed by atoms with Crippen molar-refractivity contribution in [2.75, 3.05) is 5.32 Å². The van der Waals surface area contributed by atoms with Crippen molar-refractivity contribution in [2.45, 2.75) is 12.8 Å². The summed E-state index contributed by atoms with van der Waals surface area (Å²) in [5.74, 6) is -3.74. The Bertz CT molecular complexity index is 553. The molecule has 0 saturated carbocycles. The first-order chi connectivity index (χ1) is 9.50. The van der Waals surface area contributed by atoms with E-state index in [1.165, 1.54) is 18.2 Å². The first-order valence-corrected chi connectivity index (χ1v) is 6.51. The van der Waals surface area contributed by atoms with E-state index in [2.05, 4.69) is 5.32 Å². The predicted molar refractivity (Wildman–Crippen MR) is 73.0 cm³/mol. The van der Waals surface area contributed by atoms with Gasteiger partial charge in [-0.15, -0.1) is 0 Å². The number of carbonyl (C=O) groups excluding carboxylic acids is 1. The van der Waals surface area contributed by atoms with Crippen LogP contribution in [0.25, 0.3) is 0 Å². The molecule has 0 fully saturated rings. The summed E-state index contributed by atoms with van der Waals surface area (Å²) >= 11 is 5.83. The minimum atomic E-state index is -1.03. The van der Waals surface area contributed by atoms with Crippen molar-refractivity contribution in [2.24, 2.45) is 11.8 Å². The molecule has 0 bridgehead atoms. The normalized spacial score (nSPS) is 21.5. The van der Waals surface area contributed by atoms with Crippen LogP contribution in [0.15, 0.2) is 30.4 Å². The van der Waals surface area contributed by atoms with Gasteiger partial charge in [-0.05, 0) is 25.0 Å². The average molecular weight is 298 g/mol. The zero-order chi connectivity index (χ0) is 14.7. The molecule has 4 nitrogen and oxygen atoms in total. The highest BCUT2D eigenvalue weighted by Gasteiger charge is 2.34. The zero-order valence-electron chi connectivity index (χ0n) is 10.5. The lowest BCUT2D eigenvalue weighted by molar-refractivity contribution is -0.146. The Morgan fingerprint density at radius 1 is 1.25 bits per heavy atom. The molecule has 0 aromatic heterocycles. The van der Waals surface area contributed by atoms with E-state index in [0.29, 0.717) is 12.8 Å². The second kappa shape index (κ2) is 6.05. The largest absolute Gasteiger partial charge is 0.481 e. The number of hydrogen-bond acceptors (Lipinski definition) is 2. The van der Waals surface area contributed by atoms with E-state index >= 15 is 0 Å². The van der Waals surface area contributed by atoms with Crippen LogP contribution in [0.3, 0.4) is 0 Å². The van der Waals surface area contributed by atoms with Crippen molar-refractivity contribution in [1.82, 2.24) is 0 Å². The summed E-state index contributed by atoms with van der Waals surface area (Å²) in [7, 11) is 0. The molecular weight excluding hydrogens is 285 g/mol. The van der Waals surface area contributed by atoms with Crippen molar-refractivity contribution >= 4 is 29.2 Å². The minimum Gasteiger partial charge on any atom is -0.481 e. The van der Waals surface area contributed by atoms with Gasteiger partial charge in [-0.25, -0.2) is 4.39 Å². The maximum atomic E-state index is 13.6. The van der Waals surface area contributed by atoms with Gasteiger partial charge < -0.3 is 10.4 Å². The van der Waals surface area contributed by atoms with Gasteiger partial charge in [-0.2, -0.15) is 0 Å². The number of hydrogen-bond donors (Lipinski definition) is 2. The molecule has 1 amide bonds. The van der Waals surface area contributed by atoms with Gasteiger partial charge in [0.2, 0.25) is 5.91 Å². The Labute approximate surface area is 120 Å². The van der Waals surface area contributed by atoms with Crippen molar-refractivity contribution in [3.8, 4) is 0 Å². The molecule has 0 saturated heterocycles. The van der Waals surface area contributed by atoms with E-state index in [0.717, 1.165) is 0 Å². The lowest BCUT2D eigenvalue weighted by atomic mass is 9.82. The summed E-state index contributed by atoms with van der Waals surface area (Å²) in [4.78, 5) is 23.3. The number of carbonyl (C=O) groups is 2. The second-order valence-corrected chi connectivity index (χ2v) is 4.99. The van der Waals surface area contributed by atoms with Crippen LogP contribution in [0.1, 0.15) is 12.8 Å². The number of aliphatic carboxylic acids is 1. The number of carboxylic acids is 1. The first kappa shape index (κ1) is 14.5. The van der Waals surface area contributed by atoms with Crippen molar-refractivity contribution in [3.63, 3.8) is 0 Å². The molecule has 2 rings (SSSR count). The quantitative estimate of drug-likeness (QED) is 0.843. The van der Waals surface area contributed by atoms with E-state index in [1.54, 1.807) is 12.2 Å². The monoisotopic (exact) mass is 297 g/mol. The Balaban J connectivity index is 2.19. The predicted octanol–water partition coefficient (Wildman–Crippen LogP) is 3.08. The van der Waals surface area contributed by atoms with Crippen LogP contribution in [-0.4, -0.2) is 17.0 Å². The summed E-state index contributed by atoms with van der Waals surface area (Å²) in [5, 5.41) is 11.6. The fraction of sp³-hybridized carbons (Fsp3) is 0.286. The number of benzene rings is 1. The maximum Gasteiger partial charge on any atom is 0.307 e. The van der Waals surface area contributed by atoms with Gasteiger partial charge in [0.1, 0.15) is 5.82 Å². The topological polar surface area (TPSA) is 66.4 Å². The number of para-hydroxylation sites is 1. The zero-order valence-corrected chi connectivity index (χ0v) is 11.2. The molecule has 1 aromatic carbocycles. The molecule has 106 valence electrons. The third kappa shape index (κ3) is 2.99. The van der Waals surface area contributed by atoms with Crippen LogP contribution in [-0.2, 0) is 9.59 Å². The highest BCUT2D eigenvalue weighted by Crippen LogP contribution is 2.30. The van der Waals surface area contributed by atoms with Gasteiger partial charge in [0.05, 0.1) is 22.5 Å². The molecule has 2 atom stereocenters. The Hall–Kier alpha value is -1.88. The molecule has 2 unspecified atom stereocenters. The van der Waals surface area contributed by atoms with E-state index in [4.69, 9.17) is 16.7 Å². The summed E-state index contributed by atoms with van der Waals surface area (Å²) in [6, 6.07) is 4.06. The van der Waals surface area contributed by atoms with Crippen LogP contribution < -0.4 is 5.32 Å². The first-order valence-electron chi connectivity index (χ1n) is 6.13. The molecule has 1 aromatic rings. The van der Waals surface area contributed by atoms with Gasteiger partial charge in [-0.1, -0.05) is 29.8 Å². The van der Waals surface area contributed by atoms with E-state index in [1.807, 2.05) is 0 Å². The number of allylic oxidation sites excluding steroid dienone is 2. The molecule has 0 spiro atoms. The second-order valence-electron chi connectivity index (χ2n) is 4.58. The van der Waals surface area contributed by atoms with Crippen LogP contribution in [0.4, 0.5) is 10.1 Å². The van der Waals surface area contributed by atoms with Crippen LogP contribution in [0.2, 0.25) is 5.02 Å². The Kier molecular flexibility index (Phi) is 4.39. The fourth-order valence-electron chi connectivity index (χ4n) is 2.21. The highest BCUT2D eigenvalue weighted by atomic mass is 35.5. The summed E-state index contributed by atoms with van der Waals surface area (Å²) in [6.07, 6.45) is 4.10. The minimum absolute atomic E-state index is 0.0802. The lowest BCUT2D eigenvalue weighted by Crippen LogP contribution is -2.35. The summed E-state index contributed by atoms with van der Waals surface area (Å²) in [6.45, 7) is 0. The number of amides is 1. The highest BCUT2D eigenvalue weighted by molar-refractivity contribution is 6.33. The van der Waals surface area contributed by atoms with Crippen LogP contribution in [0.5, 0.6) is 0 Å². The maximum absolute atomic E-state index is 13.6. The standard InChI is InChI=1S/C14H13ClFNO3/c15-10-6-3-7-11(16)12(10)17-13(18)8-4-1-2-5-9(8)14(19)20/h1-3,6-9H,4-5H2,(H,17,18)(H,19,20). The SMILES string of the molecule is O=C(O)C1CC=CCC1C(=O)Nc1c(F)cccc1Cl. The third-order valence-electron chi connectivity index (χ3n) is 3.30. The van der Waals surface area contributed by atoms with E-state index in [9.17, 15) is 14.0 Å². The number of carboxylic acid groups (broad SMARTS) is 1. The molecule has 20 heavy (non-hydrogen) atoms. The number of halogens is 2. The lowest BCUT2D eigenvalue weighted by Gasteiger charge is -2.24. The molecule has 2 N–H and O–H groups in total. The Morgan fingerprint density at radius 2 is 1.90 bits per heavy atom. The van der Waals surface area contributed by atoms with Gasteiger partial charge in [0.15, 0.2) is 0 Å². The van der Waals surface area contributed by atoms with E-state index in [-0.39, 0.29) is 10.7 Å². The van der Waals surface area contributed by atoms with Crippen molar-refractivity contribution < 1.29 is 19.1 Å². The summed E-state index contributed by atoms with van der Waals surface area (Å²) < 4.78 is 13.6. The van der Waals surface area contributed by atoms with Crippen molar-refractivity contribution in [1.29, 1.82) is 0 Å². The number of anilines is 1.